The molecular weight excluding hydrogens is 270 g/mol. The fourth-order valence-electron chi connectivity index (χ4n) is 3.34. The third kappa shape index (κ3) is 3.48. The van der Waals surface area contributed by atoms with Crippen LogP contribution in [0.15, 0.2) is 0 Å². The number of carbonyl (C=O) groups excluding carboxylic acids is 1. The molecule has 0 saturated carbocycles. The van der Waals surface area contributed by atoms with Crippen LogP contribution in [0.3, 0.4) is 0 Å². The number of hydrogen-bond donors (Lipinski definition) is 1. The summed E-state index contributed by atoms with van der Waals surface area (Å²) in [5.74, 6) is -0.875. The molecule has 2 fully saturated rings. The molecule has 0 aliphatic carbocycles. The predicted octanol–water partition coefficient (Wildman–Crippen LogP) is 1.46. The molecule has 2 amide bonds. The Morgan fingerprint density at radius 2 is 1.67 bits per heavy atom. The number of carboxylic acid groups (broad SMARTS) is 1. The lowest BCUT2D eigenvalue weighted by Crippen LogP contribution is -2.60. The lowest BCUT2D eigenvalue weighted by atomic mass is 10.1. The SMILES string of the molecule is CC1CN(C(=O)N2CCCCCC2C(=O)O)CC(C)N1C. The largest absolute Gasteiger partial charge is 0.480 e. The van der Waals surface area contributed by atoms with Crippen molar-refractivity contribution in [3.05, 3.63) is 0 Å². The van der Waals surface area contributed by atoms with Crippen molar-refractivity contribution in [1.29, 1.82) is 0 Å². The number of likely N-dealkylation sites (tertiary alicyclic amines) is 1. The Labute approximate surface area is 126 Å². The topological polar surface area (TPSA) is 64.1 Å². The Bertz CT molecular complexity index is 390. The van der Waals surface area contributed by atoms with Crippen molar-refractivity contribution in [2.45, 2.75) is 57.7 Å². The van der Waals surface area contributed by atoms with Crippen molar-refractivity contribution in [1.82, 2.24) is 14.7 Å². The van der Waals surface area contributed by atoms with E-state index in [9.17, 15) is 14.7 Å². The molecular formula is C15H27N3O3. The van der Waals surface area contributed by atoms with Crippen molar-refractivity contribution < 1.29 is 14.7 Å². The number of rotatable bonds is 1. The summed E-state index contributed by atoms with van der Waals surface area (Å²) in [5, 5.41) is 9.41. The van der Waals surface area contributed by atoms with E-state index >= 15 is 0 Å². The zero-order valence-electron chi connectivity index (χ0n) is 13.3. The first-order valence-electron chi connectivity index (χ1n) is 7.92. The summed E-state index contributed by atoms with van der Waals surface area (Å²) in [4.78, 5) is 29.9. The summed E-state index contributed by atoms with van der Waals surface area (Å²) >= 11 is 0. The maximum absolute atomic E-state index is 12.8. The zero-order valence-corrected chi connectivity index (χ0v) is 13.3. The van der Waals surface area contributed by atoms with Crippen molar-refractivity contribution in [2.75, 3.05) is 26.7 Å². The lowest BCUT2D eigenvalue weighted by molar-refractivity contribution is -0.142. The first kappa shape index (κ1) is 16.1. The molecule has 0 bridgehead atoms. The fourth-order valence-corrected chi connectivity index (χ4v) is 3.34. The number of hydrogen-bond acceptors (Lipinski definition) is 3. The van der Waals surface area contributed by atoms with Crippen LogP contribution < -0.4 is 0 Å². The summed E-state index contributed by atoms with van der Waals surface area (Å²) in [6, 6.07) is -0.165. The van der Waals surface area contributed by atoms with E-state index in [1.54, 1.807) is 4.90 Å². The maximum Gasteiger partial charge on any atom is 0.326 e. The number of urea groups is 1. The van der Waals surface area contributed by atoms with E-state index in [1.807, 2.05) is 4.90 Å². The molecule has 0 aromatic rings. The molecule has 120 valence electrons. The van der Waals surface area contributed by atoms with Crippen LogP contribution in [-0.4, -0.2) is 76.6 Å². The third-order valence-electron chi connectivity index (χ3n) is 4.91. The van der Waals surface area contributed by atoms with Crippen LogP contribution in [-0.2, 0) is 4.79 Å². The van der Waals surface area contributed by atoms with Gasteiger partial charge in [0.05, 0.1) is 0 Å². The number of nitrogens with zero attached hydrogens (tertiary/aromatic N) is 3. The molecule has 3 unspecified atom stereocenters. The van der Waals surface area contributed by atoms with Gasteiger partial charge in [-0.25, -0.2) is 9.59 Å². The molecule has 6 heteroatoms. The van der Waals surface area contributed by atoms with E-state index in [-0.39, 0.29) is 6.03 Å². The molecule has 2 saturated heterocycles. The van der Waals surface area contributed by atoms with E-state index in [2.05, 4.69) is 25.8 Å². The second-order valence-corrected chi connectivity index (χ2v) is 6.45. The first-order chi connectivity index (χ1) is 9.91. The van der Waals surface area contributed by atoms with Gasteiger partial charge in [-0.05, 0) is 33.7 Å². The number of aliphatic carboxylic acids is 1. The van der Waals surface area contributed by atoms with Crippen LogP contribution in [0, 0.1) is 0 Å². The Balaban J connectivity index is 2.11. The lowest BCUT2D eigenvalue weighted by Gasteiger charge is -2.44. The second kappa shape index (κ2) is 6.64. The first-order valence-corrected chi connectivity index (χ1v) is 7.92. The number of carboxylic acids is 1. The summed E-state index contributed by atoms with van der Waals surface area (Å²) in [6.45, 7) is 6.11. The van der Waals surface area contributed by atoms with E-state index in [4.69, 9.17) is 0 Å². The molecule has 21 heavy (non-hydrogen) atoms. The van der Waals surface area contributed by atoms with Gasteiger partial charge in [0, 0.05) is 31.7 Å². The monoisotopic (exact) mass is 297 g/mol. The average Bonchev–Trinajstić information content (AvgIpc) is 2.69. The van der Waals surface area contributed by atoms with Gasteiger partial charge in [-0.1, -0.05) is 12.8 Å². The van der Waals surface area contributed by atoms with E-state index in [1.165, 1.54) is 0 Å². The highest BCUT2D eigenvalue weighted by atomic mass is 16.4. The molecule has 0 aromatic heterocycles. The molecule has 3 atom stereocenters. The number of carbonyl (C=O) groups is 2. The van der Waals surface area contributed by atoms with Crippen molar-refractivity contribution in [2.24, 2.45) is 0 Å². The Morgan fingerprint density at radius 3 is 2.24 bits per heavy atom. The Morgan fingerprint density at radius 1 is 1.05 bits per heavy atom. The molecule has 2 aliphatic heterocycles. The maximum atomic E-state index is 12.8. The standard InChI is InChI=1S/C15H27N3O3/c1-11-9-17(10-12(2)16(11)3)15(21)18-8-6-4-5-7-13(18)14(19)20/h11-13H,4-10H2,1-3H3,(H,19,20). The second-order valence-electron chi connectivity index (χ2n) is 6.45. The van der Waals surface area contributed by atoms with Gasteiger partial charge in [-0.3, -0.25) is 4.90 Å². The highest BCUT2D eigenvalue weighted by molar-refractivity contribution is 5.83. The number of piperazine rings is 1. The molecule has 2 aliphatic rings. The van der Waals surface area contributed by atoms with Crippen molar-refractivity contribution in [3.63, 3.8) is 0 Å². The smallest absolute Gasteiger partial charge is 0.326 e. The normalized spacial score (nSPS) is 31.9. The van der Waals surface area contributed by atoms with Gasteiger partial charge in [-0.15, -0.1) is 0 Å². The van der Waals surface area contributed by atoms with Crippen LogP contribution in [0.25, 0.3) is 0 Å². The van der Waals surface area contributed by atoms with E-state index in [0.717, 1.165) is 19.3 Å². The van der Waals surface area contributed by atoms with Gasteiger partial charge >= 0.3 is 12.0 Å². The van der Waals surface area contributed by atoms with Gasteiger partial charge in [0.2, 0.25) is 0 Å². The Kier molecular flexibility index (Phi) is 5.08. The van der Waals surface area contributed by atoms with Crippen LogP contribution in [0.5, 0.6) is 0 Å². The van der Waals surface area contributed by atoms with Crippen molar-refractivity contribution >= 4 is 12.0 Å². The van der Waals surface area contributed by atoms with Gasteiger partial charge in [0.25, 0.3) is 0 Å². The van der Waals surface area contributed by atoms with E-state index < -0.39 is 12.0 Å². The number of likely N-dealkylation sites (N-methyl/N-ethyl adjacent to an activating group) is 1. The summed E-state index contributed by atoms with van der Waals surface area (Å²) in [6.07, 6.45) is 3.35. The molecule has 1 N–H and O–H groups in total. The van der Waals surface area contributed by atoms with Crippen LogP contribution in [0.4, 0.5) is 4.79 Å². The minimum atomic E-state index is -0.875. The molecule has 0 spiro atoms. The molecule has 0 aromatic carbocycles. The average molecular weight is 297 g/mol. The summed E-state index contributed by atoms with van der Waals surface area (Å²) in [5.41, 5.74) is 0. The quantitative estimate of drug-likeness (QED) is 0.796. The predicted molar refractivity (Wildman–Crippen MR) is 80.3 cm³/mol. The molecule has 6 nitrogen and oxygen atoms in total. The molecule has 2 heterocycles. The third-order valence-corrected chi connectivity index (χ3v) is 4.91. The van der Waals surface area contributed by atoms with Crippen LogP contribution >= 0.6 is 0 Å². The minimum Gasteiger partial charge on any atom is -0.480 e. The van der Waals surface area contributed by atoms with Gasteiger partial charge < -0.3 is 14.9 Å². The van der Waals surface area contributed by atoms with Crippen LogP contribution in [0.2, 0.25) is 0 Å². The van der Waals surface area contributed by atoms with Gasteiger partial charge in [0.15, 0.2) is 0 Å². The molecule has 0 radical (unpaired) electrons. The Hall–Kier alpha value is -1.30. The van der Waals surface area contributed by atoms with E-state index in [0.29, 0.717) is 38.1 Å². The minimum absolute atomic E-state index is 0.101. The van der Waals surface area contributed by atoms with Gasteiger partial charge in [-0.2, -0.15) is 0 Å². The highest BCUT2D eigenvalue weighted by Crippen LogP contribution is 2.21. The summed E-state index contributed by atoms with van der Waals surface area (Å²) in [7, 11) is 2.07. The number of amides is 2. The van der Waals surface area contributed by atoms with Crippen LogP contribution in [0.1, 0.15) is 39.5 Å². The summed E-state index contributed by atoms with van der Waals surface area (Å²) < 4.78 is 0. The molecule has 2 rings (SSSR count). The van der Waals surface area contributed by atoms with Gasteiger partial charge in [0.1, 0.15) is 6.04 Å². The zero-order chi connectivity index (χ0) is 15.6. The highest BCUT2D eigenvalue weighted by Gasteiger charge is 2.36. The van der Waals surface area contributed by atoms with Crippen molar-refractivity contribution in [3.8, 4) is 0 Å². The fraction of sp³-hybridized carbons (Fsp3) is 0.867.